The Hall–Kier alpha value is 2.38. The maximum Gasteiger partial charge on any atom is 2.00 e. The average Bonchev–Trinajstić information content (AvgIpc) is 2.97. The molecule has 0 aliphatic carbocycles. The first-order chi connectivity index (χ1) is 20.6. The Morgan fingerprint density at radius 2 is 0.522 bits per heavy atom. The van der Waals surface area contributed by atoms with Gasteiger partial charge in [0.25, 0.3) is 0 Å². The molecule has 0 spiro atoms. The Bertz CT molecular complexity index is 597. The molecule has 0 atom stereocenters. The van der Waals surface area contributed by atoms with Crippen LogP contribution < -0.4 is 0 Å². The smallest absolute Gasteiger partial charge is 1.00 e. The SMILES string of the molecule is CCCCCCCCCCCCCCCCCC(=O)OC(=O)OC(=O)CCCCCCCCCCCCCCCCC.[Ca+2].[Ca+2].[H-].[H-].[H-].[H-].[Zn].[Zn]. The van der Waals surface area contributed by atoms with Crippen LogP contribution in [0.2, 0.25) is 0 Å². The van der Waals surface area contributed by atoms with Crippen molar-refractivity contribution in [1.29, 1.82) is 0 Å². The molecule has 0 aliphatic heterocycles. The van der Waals surface area contributed by atoms with E-state index >= 15 is 0 Å². The van der Waals surface area contributed by atoms with Crippen LogP contribution in [0.25, 0.3) is 0 Å². The van der Waals surface area contributed by atoms with E-state index < -0.39 is 18.1 Å². The summed E-state index contributed by atoms with van der Waals surface area (Å²) in [6.45, 7) is 4.53. The third-order valence-electron chi connectivity index (χ3n) is 8.36. The molecule has 0 radical (unpaired) electrons. The summed E-state index contributed by atoms with van der Waals surface area (Å²) in [4.78, 5) is 35.4. The van der Waals surface area contributed by atoms with E-state index in [-0.39, 0.29) is 133 Å². The molecule has 0 aromatic carbocycles. The van der Waals surface area contributed by atoms with E-state index in [1.54, 1.807) is 0 Å². The van der Waals surface area contributed by atoms with E-state index in [9.17, 15) is 14.4 Å². The predicted molar refractivity (Wildman–Crippen MR) is 193 cm³/mol. The first kappa shape index (κ1) is 57.7. The second-order valence-electron chi connectivity index (χ2n) is 12.6. The maximum atomic E-state index is 11.8. The van der Waals surface area contributed by atoms with Crippen molar-refractivity contribution >= 4 is 93.6 Å². The summed E-state index contributed by atoms with van der Waals surface area (Å²) in [6.07, 6.45) is 37.0. The zero-order valence-electron chi connectivity index (χ0n) is 35.0. The molecule has 260 valence electrons. The molecule has 0 aromatic rings. The van der Waals surface area contributed by atoms with E-state index in [1.165, 1.54) is 154 Å². The Morgan fingerprint density at radius 3 is 0.717 bits per heavy atom. The van der Waals surface area contributed by atoms with Crippen molar-refractivity contribution in [3.8, 4) is 0 Å². The molecule has 0 unspecified atom stereocenters. The molecular weight excluding hydrogens is 735 g/mol. The third-order valence-corrected chi connectivity index (χ3v) is 8.36. The van der Waals surface area contributed by atoms with Crippen LogP contribution in [0, 0.1) is 0 Å². The van der Waals surface area contributed by atoms with Gasteiger partial charge in [-0.3, -0.25) is 9.59 Å². The average molecular weight is 810 g/mol. The summed E-state index contributed by atoms with van der Waals surface area (Å²) in [5.41, 5.74) is 0. The van der Waals surface area contributed by atoms with Crippen LogP contribution in [0.15, 0.2) is 0 Å². The van der Waals surface area contributed by atoms with Crippen molar-refractivity contribution in [2.45, 2.75) is 219 Å². The maximum absolute atomic E-state index is 11.8. The quantitative estimate of drug-likeness (QED) is 0.0293. The monoisotopic (exact) mass is 806 g/mol. The van der Waals surface area contributed by atoms with Crippen LogP contribution in [0.1, 0.15) is 225 Å². The van der Waals surface area contributed by atoms with Crippen molar-refractivity contribution in [2.75, 3.05) is 0 Å². The largest absolute Gasteiger partial charge is 2.00 e. The first-order valence-electron chi connectivity index (χ1n) is 18.6. The molecule has 0 saturated heterocycles. The minimum Gasteiger partial charge on any atom is -1.00 e. The molecule has 0 aromatic heterocycles. The molecule has 0 bridgehead atoms. The number of hydrogen-bond acceptors (Lipinski definition) is 5. The van der Waals surface area contributed by atoms with Gasteiger partial charge in [0.2, 0.25) is 0 Å². The van der Waals surface area contributed by atoms with Gasteiger partial charge in [-0.2, -0.15) is 0 Å². The minimum absolute atomic E-state index is 0. The van der Waals surface area contributed by atoms with Crippen LogP contribution in [0.4, 0.5) is 4.79 Å². The molecule has 0 saturated carbocycles. The summed E-state index contributed by atoms with van der Waals surface area (Å²) in [5.74, 6) is -1.20. The van der Waals surface area contributed by atoms with Crippen LogP contribution in [0.3, 0.4) is 0 Å². The van der Waals surface area contributed by atoms with Crippen molar-refractivity contribution < 1.29 is 68.5 Å². The summed E-state index contributed by atoms with van der Waals surface area (Å²) >= 11 is 0. The van der Waals surface area contributed by atoms with Crippen molar-refractivity contribution in [1.82, 2.24) is 0 Å². The summed E-state index contributed by atoms with van der Waals surface area (Å²) in [6, 6.07) is 0. The van der Waals surface area contributed by atoms with E-state index in [0.29, 0.717) is 12.8 Å². The van der Waals surface area contributed by atoms with Gasteiger partial charge in [-0.1, -0.05) is 194 Å². The van der Waals surface area contributed by atoms with E-state index in [1.807, 2.05) is 0 Å². The zero-order chi connectivity index (χ0) is 30.8. The molecule has 0 amide bonds. The molecule has 0 fully saturated rings. The Balaban J connectivity index is -0.000000300. The topological polar surface area (TPSA) is 69.7 Å². The molecule has 0 rings (SSSR count). The van der Waals surface area contributed by atoms with Crippen LogP contribution in [-0.2, 0) is 58.0 Å². The number of carbonyl (C=O) groups excluding carboxylic acids is 3. The Morgan fingerprint density at radius 1 is 0.348 bits per heavy atom. The van der Waals surface area contributed by atoms with Gasteiger partial charge in [0.05, 0.1) is 0 Å². The van der Waals surface area contributed by atoms with Crippen LogP contribution in [-0.4, -0.2) is 93.6 Å². The van der Waals surface area contributed by atoms with Crippen molar-refractivity contribution in [2.24, 2.45) is 0 Å². The molecule has 5 nitrogen and oxygen atoms in total. The van der Waals surface area contributed by atoms with Gasteiger partial charge in [0, 0.05) is 51.8 Å². The van der Waals surface area contributed by atoms with Gasteiger partial charge in [0.15, 0.2) is 0 Å². The number of ether oxygens (including phenoxy) is 2. The van der Waals surface area contributed by atoms with Gasteiger partial charge >= 0.3 is 93.6 Å². The number of unbranched alkanes of at least 4 members (excludes halogenated alkanes) is 28. The van der Waals surface area contributed by atoms with Gasteiger partial charge in [-0.05, 0) is 12.8 Å². The second kappa shape index (κ2) is 49.5. The van der Waals surface area contributed by atoms with Gasteiger partial charge in [-0.25, -0.2) is 4.79 Å². The fourth-order valence-corrected chi connectivity index (χ4v) is 5.59. The normalized spacial score (nSPS) is 10.1. The second-order valence-corrected chi connectivity index (χ2v) is 12.6. The molecule has 0 heterocycles. The molecular formula is C37H74Ca2O5Zn2. The molecule has 0 aliphatic rings. The molecule has 9 heteroatoms. The van der Waals surface area contributed by atoms with Gasteiger partial charge in [0.1, 0.15) is 0 Å². The molecule has 46 heavy (non-hydrogen) atoms. The standard InChI is InChI=1S/C37H70O5.2Ca.2Zn.4H/c1-3-5-7-9-11-13-15-17-19-21-23-25-27-29-31-33-35(38)41-37(40)42-36(39)34-32-30-28-26-24-22-20-18-16-14-12-10-8-6-4-2;;;;;;;;/h3-34H2,1-2H3;;;;;;;;/q;2*+2;;;4*-1. The number of carbonyl (C=O) groups is 3. The third kappa shape index (κ3) is 48.5. The Kier molecular flexibility index (Phi) is 62.1. The summed E-state index contributed by atoms with van der Waals surface area (Å²) in [7, 11) is 0. The summed E-state index contributed by atoms with van der Waals surface area (Å²) in [5, 5.41) is 0. The van der Waals surface area contributed by atoms with E-state index in [2.05, 4.69) is 23.3 Å². The predicted octanol–water partition coefficient (Wildman–Crippen LogP) is 12.4. The minimum atomic E-state index is -1.17. The van der Waals surface area contributed by atoms with Crippen molar-refractivity contribution in [3.05, 3.63) is 0 Å². The van der Waals surface area contributed by atoms with Crippen LogP contribution in [0.5, 0.6) is 0 Å². The zero-order valence-corrected chi connectivity index (χ0v) is 41.3. The van der Waals surface area contributed by atoms with E-state index in [0.717, 1.165) is 25.7 Å². The number of rotatable bonds is 32. The first-order valence-corrected chi connectivity index (χ1v) is 18.6. The fraction of sp³-hybridized carbons (Fsp3) is 0.919. The number of hydrogen-bond donors (Lipinski definition) is 0. The molecule has 0 N–H and O–H groups in total. The van der Waals surface area contributed by atoms with Gasteiger partial charge < -0.3 is 15.2 Å². The van der Waals surface area contributed by atoms with Gasteiger partial charge in [-0.15, -0.1) is 0 Å². The number of esters is 2. The van der Waals surface area contributed by atoms with Crippen LogP contribution >= 0.6 is 0 Å². The van der Waals surface area contributed by atoms with E-state index in [4.69, 9.17) is 0 Å². The summed E-state index contributed by atoms with van der Waals surface area (Å²) < 4.78 is 9.30. The Labute approximate surface area is 377 Å². The van der Waals surface area contributed by atoms with Crippen molar-refractivity contribution in [3.63, 3.8) is 0 Å². The fourth-order valence-electron chi connectivity index (χ4n) is 5.59.